The zero-order valence-corrected chi connectivity index (χ0v) is 14.6. The van der Waals surface area contributed by atoms with E-state index in [4.69, 9.17) is 0 Å². The van der Waals surface area contributed by atoms with Gasteiger partial charge in [0.15, 0.2) is 0 Å². The number of carbonyl (C=O) groups excluding carboxylic acids is 2. The second kappa shape index (κ2) is 5.21. The van der Waals surface area contributed by atoms with Crippen LogP contribution in [0.5, 0.6) is 0 Å². The minimum atomic E-state index is -0.376. The third-order valence-corrected chi connectivity index (χ3v) is 6.95. The highest BCUT2D eigenvalue weighted by atomic mass is 32.2. The van der Waals surface area contributed by atoms with Gasteiger partial charge in [0.1, 0.15) is 6.04 Å². The fourth-order valence-corrected chi connectivity index (χ4v) is 5.66. The highest BCUT2D eigenvalue weighted by Gasteiger charge is 2.52. The second-order valence-electron chi connectivity index (χ2n) is 6.17. The van der Waals surface area contributed by atoms with Crippen LogP contribution in [0.3, 0.4) is 0 Å². The molecule has 0 bridgehead atoms. The molecule has 0 spiro atoms. The number of aryl methyl sites for hydroxylation is 1. The SMILES string of the molecule is Cc1nc2ccc(NC(=O)C3CSC4(C)CCC(=O)N34)cc2s1. The van der Waals surface area contributed by atoms with Gasteiger partial charge in [0.2, 0.25) is 11.8 Å². The molecule has 0 saturated carbocycles. The van der Waals surface area contributed by atoms with E-state index in [1.165, 1.54) is 0 Å². The van der Waals surface area contributed by atoms with Gasteiger partial charge < -0.3 is 10.2 Å². The summed E-state index contributed by atoms with van der Waals surface area (Å²) in [6.07, 6.45) is 1.37. The maximum atomic E-state index is 12.7. The van der Waals surface area contributed by atoms with E-state index in [2.05, 4.69) is 17.2 Å². The Balaban J connectivity index is 1.56. The number of hydrogen-bond acceptors (Lipinski definition) is 5. The first-order valence-electron chi connectivity index (χ1n) is 7.60. The first-order chi connectivity index (χ1) is 11.0. The normalized spacial score (nSPS) is 26.8. The summed E-state index contributed by atoms with van der Waals surface area (Å²) in [4.78, 5) is 30.8. The largest absolute Gasteiger partial charge is 0.324 e. The Labute approximate surface area is 142 Å². The minimum Gasteiger partial charge on any atom is -0.324 e. The molecule has 2 aliphatic rings. The molecule has 1 aromatic heterocycles. The molecule has 2 saturated heterocycles. The number of nitrogens with one attached hydrogen (secondary N) is 1. The molecule has 2 aromatic rings. The highest BCUT2D eigenvalue weighted by molar-refractivity contribution is 8.01. The predicted molar refractivity (Wildman–Crippen MR) is 93.7 cm³/mol. The molecule has 2 atom stereocenters. The molecule has 2 amide bonds. The molecule has 0 radical (unpaired) electrons. The fraction of sp³-hybridized carbons (Fsp3) is 0.438. The van der Waals surface area contributed by atoms with Crippen LogP contribution in [0.2, 0.25) is 0 Å². The number of benzene rings is 1. The van der Waals surface area contributed by atoms with Crippen LogP contribution in [-0.4, -0.2) is 38.4 Å². The molecule has 2 fully saturated rings. The Hall–Kier alpha value is -1.60. The number of fused-ring (bicyclic) bond motifs is 2. The van der Waals surface area contributed by atoms with Gasteiger partial charge in [-0.2, -0.15) is 0 Å². The Morgan fingerprint density at radius 3 is 3.13 bits per heavy atom. The summed E-state index contributed by atoms with van der Waals surface area (Å²) < 4.78 is 1.06. The molecular formula is C16H17N3O2S2. The number of thiazole rings is 1. The van der Waals surface area contributed by atoms with Crippen LogP contribution in [0.1, 0.15) is 24.8 Å². The van der Waals surface area contributed by atoms with Crippen LogP contribution >= 0.6 is 23.1 Å². The van der Waals surface area contributed by atoms with Gasteiger partial charge in [-0.15, -0.1) is 23.1 Å². The quantitative estimate of drug-likeness (QED) is 0.907. The van der Waals surface area contributed by atoms with E-state index in [0.29, 0.717) is 12.2 Å². The highest BCUT2D eigenvalue weighted by Crippen LogP contribution is 2.47. The molecule has 1 aromatic carbocycles. The average molecular weight is 347 g/mol. The average Bonchev–Trinajstić information content (AvgIpc) is 3.12. The standard InChI is InChI=1S/C16H17N3O2S2/c1-9-17-11-4-3-10(7-13(11)23-9)18-15(21)12-8-22-16(2)6-5-14(20)19(12)16/h3-4,7,12H,5-6,8H2,1-2H3,(H,18,21). The summed E-state index contributed by atoms with van der Waals surface area (Å²) in [5.74, 6) is 0.652. The van der Waals surface area contributed by atoms with Crippen molar-refractivity contribution >= 4 is 50.8 Å². The van der Waals surface area contributed by atoms with Crippen LogP contribution in [0, 0.1) is 6.92 Å². The molecule has 3 heterocycles. The second-order valence-corrected chi connectivity index (χ2v) is 8.91. The summed E-state index contributed by atoms with van der Waals surface area (Å²) in [6, 6.07) is 5.36. The first-order valence-corrected chi connectivity index (χ1v) is 9.41. The Kier molecular flexibility index (Phi) is 3.39. The van der Waals surface area contributed by atoms with Gasteiger partial charge in [-0.1, -0.05) is 0 Å². The molecule has 23 heavy (non-hydrogen) atoms. The number of carbonyl (C=O) groups is 2. The van der Waals surface area contributed by atoms with E-state index >= 15 is 0 Å². The fourth-order valence-electron chi connectivity index (χ4n) is 3.36. The topological polar surface area (TPSA) is 62.3 Å². The van der Waals surface area contributed by atoms with E-state index in [1.807, 2.05) is 25.1 Å². The van der Waals surface area contributed by atoms with Gasteiger partial charge in [-0.05, 0) is 38.5 Å². The van der Waals surface area contributed by atoms with Crippen molar-refractivity contribution < 1.29 is 9.59 Å². The molecule has 0 aliphatic carbocycles. The lowest BCUT2D eigenvalue weighted by atomic mass is 10.2. The summed E-state index contributed by atoms with van der Waals surface area (Å²) in [5, 5.41) is 3.98. The molecule has 5 nitrogen and oxygen atoms in total. The Morgan fingerprint density at radius 1 is 1.48 bits per heavy atom. The van der Waals surface area contributed by atoms with Gasteiger partial charge >= 0.3 is 0 Å². The first kappa shape index (κ1) is 15.0. The van der Waals surface area contributed by atoms with Crippen molar-refractivity contribution in [2.24, 2.45) is 0 Å². The summed E-state index contributed by atoms with van der Waals surface area (Å²) >= 11 is 3.32. The van der Waals surface area contributed by atoms with Gasteiger partial charge in [-0.3, -0.25) is 9.59 Å². The Bertz CT molecular complexity index is 819. The van der Waals surface area contributed by atoms with Crippen LogP contribution in [0.25, 0.3) is 10.2 Å². The van der Waals surface area contributed by atoms with Crippen molar-refractivity contribution in [3.63, 3.8) is 0 Å². The maximum absolute atomic E-state index is 12.7. The number of hydrogen-bond donors (Lipinski definition) is 1. The van der Waals surface area contributed by atoms with E-state index in [9.17, 15) is 9.59 Å². The number of rotatable bonds is 2. The van der Waals surface area contributed by atoms with Crippen LogP contribution in [0.4, 0.5) is 5.69 Å². The van der Waals surface area contributed by atoms with E-state index in [0.717, 1.165) is 27.3 Å². The zero-order valence-electron chi connectivity index (χ0n) is 13.0. The summed E-state index contributed by atoms with van der Waals surface area (Å²) in [5.41, 5.74) is 1.71. The van der Waals surface area contributed by atoms with Gasteiger partial charge in [0.05, 0.1) is 20.1 Å². The number of aromatic nitrogens is 1. The molecule has 7 heteroatoms. The number of thioether (sulfide) groups is 1. The Morgan fingerprint density at radius 2 is 2.30 bits per heavy atom. The molecule has 2 unspecified atom stereocenters. The molecule has 1 N–H and O–H groups in total. The van der Waals surface area contributed by atoms with Crippen molar-refractivity contribution in [1.29, 1.82) is 0 Å². The van der Waals surface area contributed by atoms with Crippen molar-refractivity contribution in [2.45, 2.75) is 37.6 Å². The summed E-state index contributed by atoms with van der Waals surface area (Å²) in [6.45, 7) is 4.03. The third kappa shape index (κ3) is 2.42. The predicted octanol–water partition coefficient (Wildman–Crippen LogP) is 3.00. The number of anilines is 1. The van der Waals surface area contributed by atoms with Crippen LogP contribution in [-0.2, 0) is 9.59 Å². The van der Waals surface area contributed by atoms with E-state index in [-0.39, 0.29) is 22.7 Å². The molecule has 4 rings (SSSR count). The minimum absolute atomic E-state index is 0.0891. The van der Waals surface area contributed by atoms with Gasteiger partial charge in [-0.25, -0.2) is 4.98 Å². The van der Waals surface area contributed by atoms with Crippen LogP contribution in [0.15, 0.2) is 18.2 Å². The lowest BCUT2D eigenvalue weighted by Crippen LogP contribution is -2.48. The van der Waals surface area contributed by atoms with Crippen molar-refractivity contribution in [3.8, 4) is 0 Å². The molecule has 120 valence electrons. The monoisotopic (exact) mass is 347 g/mol. The van der Waals surface area contributed by atoms with E-state index < -0.39 is 0 Å². The van der Waals surface area contributed by atoms with E-state index in [1.54, 1.807) is 28.0 Å². The third-order valence-electron chi connectivity index (χ3n) is 4.51. The number of amides is 2. The lowest BCUT2D eigenvalue weighted by Gasteiger charge is -2.29. The van der Waals surface area contributed by atoms with Crippen molar-refractivity contribution in [3.05, 3.63) is 23.2 Å². The van der Waals surface area contributed by atoms with Gasteiger partial charge in [0, 0.05) is 17.9 Å². The lowest BCUT2D eigenvalue weighted by molar-refractivity contribution is -0.135. The summed E-state index contributed by atoms with van der Waals surface area (Å²) in [7, 11) is 0. The number of nitrogens with zero attached hydrogens (tertiary/aromatic N) is 2. The molecular weight excluding hydrogens is 330 g/mol. The van der Waals surface area contributed by atoms with Crippen LogP contribution < -0.4 is 5.32 Å². The molecule has 2 aliphatic heterocycles. The zero-order chi connectivity index (χ0) is 16.2. The maximum Gasteiger partial charge on any atom is 0.248 e. The van der Waals surface area contributed by atoms with Gasteiger partial charge in [0.25, 0.3) is 0 Å². The van der Waals surface area contributed by atoms with Crippen molar-refractivity contribution in [2.75, 3.05) is 11.1 Å². The smallest absolute Gasteiger partial charge is 0.248 e. The van der Waals surface area contributed by atoms with Crippen molar-refractivity contribution in [1.82, 2.24) is 9.88 Å².